The number of nitrogens with two attached hydrogens (primary N) is 2. The molecule has 2 saturated heterocycles. The number of amides is 6. The Morgan fingerprint density at radius 1 is 0.528 bits per heavy atom. The highest BCUT2D eigenvalue weighted by molar-refractivity contribution is 5.75. The third kappa shape index (κ3) is 14.2. The molecule has 2 heterocycles. The van der Waals surface area contributed by atoms with Crippen molar-refractivity contribution < 1.29 is 28.7 Å². The second-order valence-corrected chi connectivity index (χ2v) is 12.7. The molecule has 4 rings (SSSR count). The summed E-state index contributed by atoms with van der Waals surface area (Å²) in [6, 6.07) is 15.3. The van der Waals surface area contributed by atoms with Gasteiger partial charge in [0.25, 0.3) is 0 Å². The van der Waals surface area contributed by atoms with Gasteiger partial charge in [-0.3, -0.25) is 0 Å². The number of benzene rings is 2. The van der Waals surface area contributed by atoms with Crippen LogP contribution >= 0.6 is 0 Å². The largest absolute Gasteiger partial charge is 0.449 e. The van der Waals surface area contributed by atoms with E-state index >= 15 is 0 Å². The molecule has 2 fully saturated rings. The lowest BCUT2D eigenvalue weighted by Crippen LogP contribution is -2.53. The van der Waals surface area contributed by atoms with Gasteiger partial charge in [0.1, 0.15) is 0 Å². The lowest BCUT2D eigenvalue weighted by Gasteiger charge is -2.34. The van der Waals surface area contributed by atoms with Crippen molar-refractivity contribution in [1.82, 2.24) is 30.2 Å². The highest BCUT2D eigenvalue weighted by Crippen LogP contribution is 2.09. The van der Waals surface area contributed by atoms with Gasteiger partial charge in [-0.1, -0.05) is 60.4 Å². The lowest BCUT2D eigenvalue weighted by molar-refractivity contribution is 0.0804. The van der Waals surface area contributed by atoms with Gasteiger partial charge in [0.15, 0.2) is 0 Å². The maximum Gasteiger partial charge on any atom is 0.409 e. The number of nitrogens with zero attached hydrogens (tertiary/aromatic N) is 4. The summed E-state index contributed by atoms with van der Waals surface area (Å²) in [4.78, 5) is 56.5. The van der Waals surface area contributed by atoms with Crippen LogP contribution in [0.25, 0.3) is 0 Å². The first-order valence-corrected chi connectivity index (χ1v) is 18.3. The van der Waals surface area contributed by atoms with E-state index in [1.54, 1.807) is 19.6 Å². The first-order chi connectivity index (χ1) is 25.9. The van der Waals surface area contributed by atoms with Crippen molar-refractivity contribution in [3.8, 4) is 23.7 Å². The molecule has 14 heteroatoms. The number of unbranched alkanes of at least 4 members (excludes halogenated alkanes) is 3. The summed E-state index contributed by atoms with van der Waals surface area (Å²) in [5.74, 6) is 11.6. The van der Waals surface area contributed by atoms with E-state index in [1.807, 2.05) is 48.5 Å². The molecule has 284 valence electrons. The van der Waals surface area contributed by atoms with E-state index in [1.165, 1.54) is 0 Å². The van der Waals surface area contributed by atoms with Crippen LogP contribution in [0, 0.1) is 23.7 Å². The molecule has 6 N–H and O–H groups in total. The number of nitrogens with one attached hydrogen (secondary N) is 2. The molecule has 2 aliphatic rings. The van der Waals surface area contributed by atoms with Crippen LogP contribution in [-0.4, -0.2) is 109 Å². The van der Waals surface area contributed by atoms with Crippen molar-refractivity contribution >= 4 is 24.2 Å². The fourth-order valence-electron chi connectivity index (χ4n) is 5.54. The predicted octanol–water partition coefficient (Wildman–Crippen LogP) is 3.19. The molecule has 0 radical (unpaired) electrons. The predicted molar refractivity (Wildman–Crippen MR) is 201 cm³/mol. The van der Waals surface area contributed by atoms with Gasteiger partial charge >= 0.3 is 24.2 Å². The van der Waals surface area contributed by atoms with Crippen LogP contribution in [0.3, 0.4) is 0 Å². The average molecular weight is 729 g/mol. The van der Waals surface area contributed by atoms with Crippen LogP contribution in [0.4, 0.5) is 19.2 Å². The number of carbonyl (C=O) groups excluding carboxylic acids is 4. The minimum absolute atomic E-state index is 0.152. The summed E-state index contributed by atoms with van der Waals surface area (Å²) in [7, 11) is 0. The first-order valence-electron chi connectivity index (χ1n) is 18.3. The Morgan fingerprint density at radius 2 is 0.887 bits per heavy atom. The van der Waals surface area contributed by atoms with Gasteiger partial charge in [-0.15, -0.1) is 0 Å². The summed E-state index contributed by atoms with van der Waals surface area (Å²) in [5, 5.41) is 5.85. The summed E-state index contributed by atoms with van der Waals surface area (Å²) in [5.41, 5.74) is 15.3. The summed E-state index contributed by atoms with van der Waals surface area (Å²) in [6.07, 6.45) is 2.54. The standard InChI is InChI=1S/C39H52N8O6/c40-28-32-10-14-34(15-11-32)30-42-36(48)44-18-22-46(23-19-44)38(50)52-26-8-6-4-2-1-3-5-7-9-27-53-39(51)47-24-20-45(21-25-47)37(49)43-31-35-16-12-33(29-41)13-17-35/h10-17H,4,6-9,18-31,40-41H2,(H,42,48)(H,43,49). The molecule has 14 nitrogen and oxygen atoms in total. The molecule has 2 aromatic rings. The van der Waals surface area contributed by atoms with E-state index in [2.05, 4.69) is 34.3 Å². The molecule has 2 aromatic carbocycles. The maximum absolute atomic E-state index is 12.5. The van der Waals surface area contributed by atoms with Gasteiger partial charge in [0, 0.05) is 91.4 Å². The van der Waals surface area contributed by atoms with Crippen LogP contribution in [0.1, 0.15) is 54.4 Å². The molecule has 0 aliphatic carbocycles. The third-order valence-electron chi connectivity index (χ3n) is 8.89. The number of hydrogen-bond donors (Lipinski definition) is 4. The van der Waals surface area contributed by atoms with E-state index in [0.717, 1.165) is 28.7 Å². The smallest absolute Gasteiger partial charge is 0.409 e. The molecule has 6 amide bonds. The second-order valence-electron chi connectivity index (χ2n) is 12.7. The Balaban J connectivity index is 0.956. The molecule has 0 spiro atoms. The number of ether oxygens (including phenoxy) is 2. The Hall–Kier alpha value is -5.44. The van der Waals surface area contributed by atoms with Crippen molar-refractivity contribution in [1.29, 1.82) is 0 Å². The third-order valence-corrected chi connectivity index (χ3v) is 8.89. The minimum atomic E-state index is -0.382. The van der Waals surface area contributed by atoms with Crippen LogP contribution < -0.4 is 22.1 Å². The monoisotopic (exact) mass is 728 g/mol. The van der Waals surface area contributed by atoms with Crippen LogP contribution in [-0.2, 0) is 35.7 Å². The summed E-state index contributed by atoms with van der Waals surface area (Å²) < 4.78 is 10.8. The zero-order chi connectivity index (χ0) is 37.7. The molecule has 0 atom stereocenters. The topological polar surface area (TPSA) is 176 Å². The molecular formula is C39H52N8O6. The number of piperazine rings is 2. The van der Waals surface area contributed by atoms with Gasteiger partial charge in [-0.25, -0.2) is 19.2 Å². The van der Waals surface area contributed by atoms with E-state index < -0.39 is 0 Å². The van der Waals surface area contributed by atoms with Crippen LogP contribution in [0.2, 0.25) is 0 Å². The fraction of sp³-hybridized carbons (Fsp3) is 0.487. The molecule has 0 aromatic heterocycles. The number of rotatable bonds is 13. The van der Waals surface area contributed by atoms with Crippen molar-refractivity contribution in [2.75, 3.05) is 65.6 Å². The molecular weight excluding hydrogens is 676 g/mol. The zero-order valence-corrected chi connectivity index (χ0v) is 30.4. The molecule has 0 bridgehead atoms. The normalized spacial score (nSPS) is 13.9. The van der Waals surface area contributed by atoms with E-state index in [-0.39, 0.29) is 30.9 Å². The van der Waals surface area contributed by atoms with Gasteiger partial charge < -0.3 is 51.2 Å². The Kier molecular flexibility index (Phi) is 17.1. The lowest BCUT2D eigenvalue weighted by atomic mass is 10.1. The Morgan fingerprint density at radius 3 is 1.30 bits per heavy atom. The van der Waals surface area contributed by atoms with Crippen LogP contribution in [0.5, 0.6) is 0 Å². The maximum atomic E-state index is 12.5. The number of carbonyl (C=O) groups is 4. The minimum Gasteiger partial charge on any atom is -0.449 e. The SMILES string of the molecule is NCc1ccc(CNC(=O)N2CCN(C(=O)OCCCC#CC#CCCCCOC(=O)N3CCN(C(=O)NCc4ccc(CN)cc4)CC3)CC2)cc1. The summed E-state index contributed by atoms with van der Waals surface area (Å²) >= 11 is 0. The first kappa shape index (κ1) is 40.3. The van der Waals surface area contributed by atoms with E-state index in [4.69, 9.17) is 20.9 Å². The number of hydrogen-bond acceptors (Lipinski definition) is 8. The van der Waals surface area contributed by atoms with Crippen molar-refractivity contribution in [2.24, 2.45) is 11.5 Å². The van der Waals surface area contributed by atoms with E-state index in [0.29, 0.717) is 111 Å². The highest BCUT2D eigenvalue weighted by atomic mass is 16.6. The fourth-order valence-corrected chi connectivity index (χ4v) is 5.54. The Labute approximate surface area is 312 Å². The highest BCUT2D eigenvalue weighted by Gasteiger charge is 2.26. The molecule has 2 aliphatic heterocycles. The Bertz CT molecular complexity index is 1600. The molecule has 0 saturated carbocycles. The van der Waals surface area contributed by atoms with Crippen molar-refractivity contribution in [3.05, 3.63) is 70.8 Å². The van der Waals surface area contributed by atoms with E-state index in [9.17, 15) is 19.2 Å². The molecule has 53 heavy (non-hydrogen) atoms. The van der Waals surface area contributed by atoms with Gasteiger partial charge in [-0.2, -0.15) is 0 Å². The number of urea groups is 2. The van der Waals surface area contributed by atoms with Gasteiger partial charge in [0.2, 0.25) is 0 Å². The van der Waals surface area contributed by atoms with Gasteiger partial charge in [0.05, 0.1) is 13.2 Å². The van der Waals surface area contributed by atoms with Crippen LogP contribution in [0.15, 0.2) is 48.5 Å². The quantitative estimate of drug-likeness (QED) is 0.180. The summed E-state index contributed by atoms with van der Waals surface area (Å²) in [6.45, 7) is 5.87. The average Bonchev–Trinajstić information content (AvgIpc) is 3.21. The zero-order valence-electron chi connectivity index (χ0n) is 30.4. The van der Waals surface area contributed by atoms with Gasteiger partial charge in [-0.05, 0) is 53.4 Å². The molecule has 0 unspecified atom stereocenters. The van der Waals surface area contributed by atoms with Crippen molar-refractivity contribution in [3.63, 3.8) is 0 Å². The second kappa shape index (κ2) is 22.5. The van der Waals surface area contributed by atoms with Crippen molar-refractivity contribution in [2.45, 2.75) is 58.3 Å².